The van der Waals surface area contributed by atoms with Crippen LogP contribution in [0.3, 0.4) is 0 Å². The number of fused-ring (bicyclic) bond motifs is 3. The Morgan fingerprint density at radius 3 is 1.56 bits per heavy atom. The molecule has 0 saturated heterocycles. The molecule has 1 aliphatic rings. The first-order valence-corrected chi connectivity index (χ1v) is 17.4. The quantitative estimate of drug-likeness (QED) is 0.168. The van der Waals surface area contributed by atoms with Crippen molar-refractivity contribution in [1.82, 2.24) is 4.57 Å². The van der Waals surface area contributed by atoms with Crippen LogP contribution in [0.1, 0.15) is 17.9 Å². The summed E-state index contributed by atoms with van der Waals surface area (Å²) in [7, 11) is 0. The summed E-state index contributed by atoms with van der Waals surface area (Å²) in [5.74, 6) is 0.422. The smallest absolute Gasteiger partial charge is 0.0541 e. The van der Waals surface area contributed by atoms with E-state index in [0.29, 0.717) is 5.92 Å². The molecule has 2 nitrogen and oxygen atoms in total. The zero-order valence-electron chi connectivity index (χ0n) is 27.7. The summed E-state index contributed by atoms with van der Waals surface area (Å²) in [6, 6.07) is 63.8. The largest absolute Gasteiger partial charge is 0.311 e. The maximum Gasteiger partial charge on any atom is 0.0541 e. The van der Waals surface area contributed by atoms with E-state index in [1.165, 1.54) is 49.6 Å². The third-order valence-electron chi connectivity index (χ3n) is 9.94. The summed E-state index contributed by atoms with van der Waals surface area (Å²) in [6.45, 7) is 0. The standard InChI is InChI=1S/C48H36N2/c1-3-12-35(13-4-1)37-22-28-41(29-23-37)49(42-30-24-38(25-31-42)36-14-5-2-6-15-36)43-32-26-39(27-33-43)40-16-11-17-44(34-40)50-47-20-9-7-18-45(47)46-19-8-10-21-48(46)50/h1-14,16-34,36H,15H2. The highest BCUT2D eigenvalue weighted by molar-refractivity contribution is 6.09. The lowest BCUT2D eigenvalue weighted by Crippen LogP contribution is -2.10. The number of hydrogen-bond acceptors (Lipinski definition) is 1. The maximum absolute atomic E-state index is 2.38. The van der Waals surface area contributed by atoms with E-state index in [0.717, 1.165) is 29.2 Å². The average Bonchev–Trinajstić information content (AvgIpc) is 3.54. The molecule has 0 bridgehead atoms. The minimum absolute atomic E-state index is 0.422. The molecule has 2 heteroatoms. The molecule has 0 fully saturated rings. The second-order valence-electron chi connectivity index (χ2n) is 13.0. The predicted molar refractivity (Wildman–Crippen MR) is 212 cm³/mol. The zero-order chi connectivity index (χ0) is 33.3. The Morgan fingerprint density at radius 2 is 0.960 bits per heavy atom. The number of allylic oxidation sites excluding steroid dienone is 4. The molecule has 8 aromatic rings. The minimum Gasteiger partial charge on any atom is -0.311 e. The fourth-order valence-corrected chi connectivity index (χ4v) is 7.41. The van der Waals surface area contributed by atoms with Gasteiger partial charge in [-0.15, -0.1) is 0 Å². The monoisotopic (exact) mass is 640 g/mol. The Labute approximate surface area is 293 Å². The van der Waals surface area contributed by atoms with Crippen molar-refractivity contribution in [2.24, 2.45) is 0 Å². The van der Waals surface area contributed by atoms with Crippen LogP contribution >= 0.6 is 0 Å². The van der Waals surface area contributed by atoms with Crippen molar-refractivity contribution in [3.8, 4) is 27.9 Å². The van der Waals surface area contributed by atoms with Crippen LogP contribution in [0.4, 0.5) is 17.1 Å². The molecule has 0 saturated carbocycles. The first kappa shape index (κ1) is 29.7. The highest BCUT2D eigenvalue weighted by Gasteiger charge is 2.16. The molecule has 1 aromatic heterocycles. The SMILES string of the molecule is C1=CCC(c2ccc(N(c3ccc(-c4ccccc4)cc3)c3ccc(-c4cccc(-n5c6ccccc6c6ccccc65)c4)cc3)cc2)C=C1. The second kappa shape index (κ2) is 12.9. The number of para-hydroxylation sites is 2. The van der Waals surface area contributed by atoms with Gasteiger partial charge in [-0.25, -0.2) is 0 Å². The van der Waals surface area contributed by atoms with Gasteiger partial charge >= 0.3 is 0 Å². The molecule has 0 N–H and O–H groups in total. The van der Waals surface area contributed by atoms with Gasteiger partial charge in [0, 0.05) is 39.4 Å². The van der Waals surface area contributed by atoms with Gasteiger partial charge in [0.2, 0.25) is 0 Å². The topological polar surface area (TPSA) is 8.17 Å². The molecule has 1 heterocycles. The van der Waals surface area contributed by atoms with Crippen molar-refractivity contribution in [2.45, 2.75) is 12.3 Å². The van der Waals surface area contributed by atoms with Crippen LogP contribution in [0.25, 0.3) is 49.7 Å². The third kappa shape index (κ3) is 5.51. The van der Waals surface area contributed by atoms with Crippen LogP contribution in [0, 0.1) is 0 Å². The number of hydrogen-bond donors (Lipinski definition) is 0. The molecule has 1 aliphatic carbocycles. The molecule has 0 radical (unpaired) electrons. The van der Waals surface area contributed by atoms with Gasteiger partial charge in [-0.3, -0.25) is 0 Å². The zero-order valence-corrected chi connectivity index (χ0v) is 27.7. The lowest BCUT2D eigenvalue weighted by molar-refractivity contribution is 0.854. The molecule has 0 amide bonds. The molecule has 0 spiro atoms. The Morgan fingerprint density at radius 1 is 0.440 bits per heavy atom. The summed E-state index contributed by atoms with van der Waals surface area (Å²) in [5, 5.41) is 2.55. The van der Waals surface area contributed by atoms with Crippen molar-refractivity contribution in [3.05, 3.63) is 206 Å². The first-order valence-electron chi connectivity index (χ1n) is 17.4. The van der Waals surface area contributed by atoms with Gasteiger partial charge in [-0.2, -0.15) is 0 Å². The summed E-state index contributed by atoms with van der Waals surface area (Å²) in [5.41, 5.74) is 13.1. The van der Waals surface area contributed by atoms with Crippen molar-refractivity contribution < 1.29 is 0 Å². The van der Waals surface area contributed by atoms with Crippen LogP contribution in [0.5, 0.6) is 0 Å². The van der Waals surface area contributed by atoms with Gasteiger partial charge in [-0.05, 0) is 94.9 Å². The minimum atomic E-state index is 0.422. The summed E-state index contributed by atoms with van der Waals surface area (Å²) in [4.78, 5) is 2.35. The highest BCUT2D eigenvalue weighted by Crippen LogP contribution is 2.39. The first-order chi connectivity index (χ1) is 24.8. The molecule has 1 atom stereocenters. The number of aromatic nitrogens is 1. The normalized spacial score (nSPS) is 14.0. The van der Waals surface area contributed by atoms with Crippen LogP contribution in [0.15, 0.2) is 200 Å². The number of nitrogens with zero attached hydrogens (tertiary/aromatic N) is 2. The lowest BCUT2D eigenvalue weighted by Gasteiger charge is -2.26. The highest BCUT2D eigenvalue weighted by atomic mass is 15.1. The Hall–Kier alpha value is -6.38. The number of rotatable bonds is 7. The molecule has 7 aromatic carbocycles. The molecule has 238 valence electrons. The Kier molecular flexibility index (Phi) is 7.68. The van der Waals surface area contributed by atoms with Crippen LogP contribution < -0.4 is 4.90 Å². The van der Waals surface area contributed by atoms with E-state index in [-0.39, 0.29) is 0 Å². The third-order valence-corrected chi connectivity index (χ3v) is 9.94. The van der Waals surface area contributed by atoms with E-state index in [1.807, 2.05) is 0 Å². The van der Waals surface area contributed by atoms with E-state index < -0.39 is 0 Å². The fraction of sp³-hybridized carbons (Fsp3) is 0.0417. The second-order valence-corrected chi connectivity index (χ2v) is 13.0. The van der Waals surface area contributed by atoms with E-state index in [4.69, 9.17) is 0 Å². The van der Waals surface area contributed by atoms with Gasteiger partial charge in [-0.1, -0.05) is 140 Å². The Bertz CT molecular complexity index is 2430. The van der Waals surface area contributed by atoms with Gasteiger partial charge in [0.1, 0.15) is 0 Å². The fourth-order valence-electron chi connectivity index (χ4n) is 7.41. The Balaban J connectivity index is 1.08. The number of anilines is 3. The maximum atomic E-state index is 2.38. The van der Waals surface area contributed by atoms with Crippen LogP contribution in [0.2, 0.25) is 0 Å². The van der Waals surface area contributed by atoms with Gasteiger partial charge < -0.3 is 9.47 Å². The van der Waals surface area contributed by atoms with Gasteiger partial charge in [0.05, 0.1) is 11.0 Å². The molecular weight excluding hydrogens is 605 g/mol. The summed E-state index contributed by atoms with van der Waals surface area (Å²) in [6.07, 6.45) is 9.88. The van der Waals surface area contributed by atoms with Crippen molar-refractivity contribution >= 4 is 38.9 Å². The van der Waals surface area contributed by atoms with E-state index in [1.54, 1.807) is 0 Å². The average molecular weight is 641 g/mol. The van der Waals surface area contributed by atoms with Crippen LogP contribution in [-0.4, -0.2) is 4.57 Å². The molecular formula is C48H36N2. The molecule has 1 unspecified atom stereocenters. The number of benzene rings is 7. The molecule has 0 aliphatic heterocycles. The summed E-state index contributed by atoms with van der Waals surface area (Å²) >= 11 is 0. The van der Waals surface area contributed by atoms with Crippen molar-refractivity contribution in [3.63, 3.8) is 0 Å². The molecule has 9 rings (SSSR count). The molecule has 50 heavy (non-hydrogen) atoms. The van der Waals surface area contributed by atoms with E-state index in [2.05, 4.69) is 210 Å². The summed E-state index contributed by atoms with van der Waals surface area (Å²) < 4.78 is 2.38. The van der Waals surface area contributed by atoms with Crippen molar-refractivity contribution in [1.29, 1.82) is 0 Å². The lowest BCUT2D eigenvalue weighted by atomic mass is 9.92. The predicted octanol–water partition coefficient (Wildman–Crippen LogP) is 13.2. The van der Waals surface area contributed by atoms with Gasteiger partial charge in [0.25, 0.3) is 0 Å². The van der Waals surface area contributed by atoms with Gasteiger partial charge in [0.15, 0.2) is 0 Å². The van der Waals surface area contributed by atoms with E-state index in [9.17, 15) is 0 Å². The van der Waals surface area contributed by atoms with Crippen LogP contribution in [-0.2, 0) is 0 Å². The van der Waals surface area contributed by atoms with E-state index >= 15 is 0 Å². The van der Waals surface area contributed by atoms with Crippen molar-refractivity contribution in [2.75, 3.05) is 4.90 Å².